The Morgan fingerprint density at radius 1 is 1.35 bits per heavy atom. The quantitative estimate of drug-likeness (QED) is 0.702. The van der Waals surface area contributed by atoms with E-state index < -0.39 is 5.92 Å². The zero-order valence-corrected chi connectivity index (χ0v) is 11.5. The van der Waals surface area contributed by atoms with Gasteiger partial charge in [0.1, 0.15) is 5.92 Å². The van der Waals surface area contributed by atoms with Crippen molar-refractivity contribution >= 4 is 5.91 Å². The maximum absolute atomic E-state index is 11.9. The third kappa shape index (κ3) is 3.73. The Balaban J connectivity index is 2.60. The third-order valence-electron chi connectivity index (χ3n) is 3.83. The molecule has 1 rings (SSSR count). The van der Waals surface area contributed by atoms with Gasteiger partial charge in [-0.15, -0.1) is 0 Å². The zero-order chi connectivity index (χ0) is 13.1. The van der Waals surface area contributed by atoms with E-state index in [-0.39, 0.29) is 5.91 Å². The zero-order valence-electron chi connectivity index (χ0n) is 11.5. The Morgan fingerprint density at radius 2 is 2.00 bits per heavy atom. The highest BCUT2D eigenvalue weighted by molar-refractivity contribution is 5.80. The Morgan fingerprint density at radius 3 is 2.53 bits per heavy atom. The summed E-state index contributed by atoms with van der Waals surface area (Å²) in [5.41, 5.74) is 0.319. The summed E-state index contributed by atoms with van der Waals surface area (Å²) in [6.45, 7) is 10.1. The van der Waals surface area contributed by atoms with E-state index in [0.29, 0.717) is 11.3 Å². The maximum atomic E-state index is 11.9. The number of likely N-dealkylation sites (tertiary alicyclic amines) is 1. The van der Waals surface area contributed by atoms with Crippen molar-refractivity contribution in [2.75, 3.05) is 13.1 Å². The van der Waals surface area contributed by atoms with Crippen molar-refractivity contribution in [2.45, 2.75) is 47.0 Å². The minimum Gasteiger partial charge on any atom is -0.342 e. The van der Waals surface area contributed by atoms with Crippen LogP contribution in [-0.4, -0.2) is 23.9 Å². The third-order valence-corrected chi connectivity index (χ3v) is 3.83. The normalized spacial score (nSPS) is 23.7. The lowest BCUT2D eigenvalue weighted by molar-refractivity contribution is -0.133. The summed E-state index contributed by atoms with van der Waals surface area (Å²) in [7, 11) is 0. The Kier molecular flexibility index (Phi) is 4.56. The Labute approximate surface area is 105 Å². The standard InChI is InChI=1S/C14H24N2O/c1-11(10-15)13(17)16-8-5-6-12(7-9-16)14(2,3)4/h11-12H,5-9H2,1-4H3. The van der Waals surface area contributed by atoms with Crippen molar-refractivity contribution in [1.82, 2.24) is 4.90 Å². The van der Waals surface area contributed by atoms with E-state index in [1.54, 1.807) is 6.92 Å². The van der Waals surface area contributed by atoms with Gasteiger partial charge >= 0.3 is 0 Å². The molecule has 1 aliphatic heterocycles. The van der Waals surface area contributed by atoms with E-state index >= 15 is 0 Å². The van der Waals surface area contributed by atoms with E-state index in [0.717, 1.165) is 25.9 Å². The molecule has 0 spiro atoms. The lowest BCUT2D eigenvalue weighted by Crippen LogP contribution is -2.35. The molecular formula is C14H24N2O. The van der Waals surface area contributed by atoms with Crippen LogP contribution in [0.1, 0.15) is 47.0 Å². The fraction of sp³-hybridized carbons (Fsp3) is 0.857. The summed E-state index contributed by atoms with van der Waals surface area (Å²) in [5.74, 6) is 0.181. The molecule has 3 nitrogen and oxygen atoms in total. The molecule has 0 saturated carbocycles. The number of carbonyl (C=O) groups excluding carboxylic acids is 1. The van der Waals surface area contributed by atoms with Gasteiger partial charge in [0.2, 0.25) is 5.91 Å². The van der Waals surface area contributed by atoms with Gasteiger partial charge in [-0.1, -0.05) is 20.8 Å². The lowest BCUT2D eigenvalue weighted by Gasteiger charge is -2.29. The van der Waals surface area contributed by atoms with Crippen LogP contribution >= 0.6 is 0 Å². The molecule has 0 N–H and O–H groups in total. The molecular weight excluding hydrogens is 212 g/mol. The van der Waals surface area contributed by atoms with Crippen LogP contribution in [0.15, 0.2) is 0 Å². The van der Waals surface area contributed by atoms with Gasteiger partial charge in [-0.3, -0.25) is 4.79 Å². The molecule has 1 amide bonds. The first-order valence-electron chi connectivity index (χ1n) is 6.54. The summed E-state index contributed by atoms with van der Waals surface area (Å²) in [6, 6.07) is 2.03. The highest BCUT2D eigenvalue weighted by atomic mass is 16.2. The van der Waals surface area contributed by atoms with Crippen molar-refractivity contribution in [3.05, 3.63) is 0 Å². The number of hydrogen-bond donors (Lipinski definition) is 0. The largest absolute Gasteiger partial charge is 0.342 e. The molecule has 0 aromatic heterocycles. The monoisotopic (exact) mass is 236 g/mol. The number of rotatable bonds is 1. The van der Waals surface area contributed by atoms with Crippen molar-refractivity contribution in [2.24, 2.45) is 17.3 Å². The maximum Gasteiger partial charge on any atom is 0.239 e. The van der Waals surface area contributed by atoms with Gasteiger partial charge in [-0.05, 0) is 37.5 Å². The molecule has 2 atom stereocenters. The summed E-state index contributed by atoms with van der Waals surface area (Å²) >= 11 is 0. The average Bonchev–Trinajstić information content (AvgIpc) is 2.51. The van der Waals surface area contributed by atoms with Crippen LogP contribution < -0.4 is 0 Å². The first-order chi connectivity index (χ1) is 7.86. The van der Waals surface area contributed by atoms with Gasteiger partial charge in [0.15, 0.2) is 0 Å². The van der Waals surface area contributed by atoms with E-state index in [2.05, 4.69) is 20.8 Å². The smallest absolute Gasteiger partial charge is 0.239 e. The van der Waals surface area contributed by atoms with Crippen molar-refractivity contribution in [3.63, 3.8) is 0 Å². The molecule has 1 aliphatic rings. The molecule has 1 fully saturated rings. The highest BCUT2D eigenvalue weighted by Gasteiger charge is 2.29. The SMILES string of the molecule is CC(C#N)C(=O)N1CCCC(C(C)(C)C)CC1. The second-order valence-corrected chi connectivity index (χ2v) is 6.17. The lowest BCUT2D eigenvalue weighted by atomic mass is 9.77. The van der Waals surface area contributed by atoms with E-state index in [1.807, 2.05) is 11.0 Å². The molecule has 0 aromatic carbocycles. The predicted molar refractivity (Wildman–Crippen MR) is 68.2 cm³/mol. The van der Waals surface area contributed by atoms with Crippen molar-refractivity contribution in [3.8, 4) is 6.07 Å². The second-order valence-electron chi connectivity index (χ2n) is 6.17. The Hall–Kier alpha value is -1.04. The molecule has 0 bridgehead atoms. The van der Waals surface area contributed by atoms with Crippen molar-refractivity contribution in [1.29, 1.82) is 5.26 Å². The molecule has 3 heteroatoms. The van der Waals surface area contributed by atoms with E-state index in [9.17, 15) is 4.79 Å². The molecule has 96 valence electrons. The Bertz CT molecular complexity index is 311. The van der Waals surface area contributed by atoms with Gasteiger partial charge in [0.05, 0.1) is 6.07 Å². The van der Waals surface area contributed by atoms with E-state index in [4.69, 9.17) is 5.26 Å². The summed E-state index contributed by atoms with van der Waals surface area (Å²) < 4.78 is 0. The minimum atomic E-state index is -0.499. The number of hydrogen-bond acceptors (Lipinski definition) is 2. The first-order valence-corrected chi connectivity index (χ1v) is 6.54. The van der Waals surface area contributed by atoms with E-state index in [1.165, 1.54) is 6.42 Å². The number of nitrogens with zero attached hydrogens (tertiary/aromatic N) is 2. The summed E-state index contributed by atoms with van der Waals surface area (Å²) in [6.07, 6.45) is 3.31. The number of carbonyl (C=O) groups is 1. The molecule has 17 heavy (non-hydrogen) atoms. The van der Waals surface area contributed by atoms with Gasteiger partial charge in [-0.25, -0.2) is 0 Å². The second kappa shape index (κ2) is 5.53. The number of amides is 1. The molecule has 0 aliphatic carbocycles. The van der Waals surface area contributed by atoms with Crippen LogP contribution in [0.2, 0.25) is 0 Å². The van der Waals surface area contributed by atoms with Crippen LogP contribution in [0.3, 0.4) is 0 Å². The van der Waals surface area contributed by atoms with Gasteiger partial charge in [0, 0.05) is 13.1 Å². The minimum absolute atomic E-state index is 0.00191. The van der Waals surface area contributed by atoms with Crippen LogP contribution in [0.5, 0.6) is 0 Å². The average molecular weight is 236 g/mol. The molecule has 2 unspecified atom stereocenters. The van der Waals surface area contributed by atoms with Crippen LogP contribution in [-0.2, 0) is 4.79 Å². The molecule has 1 heterocycles. The number of nitriles is 1. The van der Waals surface area contributed by atoms with Crippen molar-refractivity contribution < 1.29 is 4.79 Å². The topological polar surface area (TPSA) is 44.1 Å². The summed E-state index contributed by atoms with van der Waals surface area (Å²) in [5, 5.41) is 8.79. The van der Waals surface area contributed by atoms with Gasteiger partial charge in [-0.2, -0.15) is 5.26 Å². The fourth-order valence-corrected chi connectivity index (χ4v) is 2.51. The van der Waals surface area contributed by atoms with Crippen LogP contribution in [0.25, 0.3) is 0 Å². The molecule has 0 aromatic rings. The molecule has 1 saturated heterocycles. The van der Waals surface area contributed by atoms with Crippen LogP contribution in [0, 0.1) is 28.6 Å². The first kappa shape index (κ1) is 14.0. The fourth-order valence-electron chi connectivity index (χ4n) is 2.51. The predicted octanol–water partition coefficient (Wildman–Crippen LogP) is 2.82. The summed E-state index contributed by atoms with van der Waals surface area (Å²) in [4.78, 5) is 13.8. The molecule has 0 radical (unpaired) electrons. The van der Waals surface area contributed by atoms with Gasteiger partial charge in [0.25, 0.3) is 0 Å². The highest BCUT2D eigenvalue weighted by Crippen LogP contribution is 2.34. The van der Waals surface area contributed by atoms with Crippen LogP contribution in [0.4, 0.5) is 0 Å². The van der Waals surface area contributed by atoms with Gasteiger partial charge < -0.3 is 4.90 Å².